The van der Waals surface area contributed by atoms with E-state index in [1.807, 2.05) is 5.38 Å². The number of hydrogen-bond donors (Lipinski definition) is 1. The van der Waals surface area contributed by atoms with Crippen LogP contribution in [0, 0.1) is 17.1 Å². The van der Waals surface area contributed by atoms with Crippen LogP contribution in [-0.2, 0) is 6.61 Å². The number of fused-ring (bicyclic) bond motifs is 1. The molecular formula is C13H8FN3O2S. The lowest BCUT2D eigenvalue weighted by atomic mass is 10.2. The van der Waals surface area contributed by atoms with E-state index in [9.17, 15) is 9.50 Å². The second kappa shape index (κ2) is 4.92. The number of nitrogens with zero attached hydrogens (tertiary/aromatic N) is 3. The number of aromatic nitrogens is 2. The minimum Gasteiger partial charge on any atom is -0.436 e. The highest BCUT2D eigenvalue weighted by molar-refractivity contribution is 7.15. The van der Waals surface area contributed by atoms with Gasteiger partial charge in [-0.3, -0.25) is 4.40 Å². The summed E-state index contributed by atoms with van der Waals surface area (Å²) >= 11 is 1.38. The summed E-state index contributed by atoms with van der Waals surface area (Å²) in [5.41, 5.74) is 0.266. The Morgan fingerprint density at radius 3 is 3.10 bits per heavy atom. The summed E-state index contributed by atoms with van der Waals surface area (Å²) < 4.78 is 20.7. The van der Waals surface area contributed by atoms with E-state index in [0.29, 0.717) is 10.7 Å². The number of rotatable bonds is 3. The first kappa shape index (κ1) is 12.6. The van der Waals surface area contributed by atoms with Crippen LogP contribution in [0.3, 0.4) is 0 Å². The predicted octanol–water partition coefficient (Wildman–Crippen LogP) is 2.69. The molecule has 0 aliphatic heterocycles. The molecule has 0 saturated carbocycles. The van der Waals surface area contributed by atoms with Crippen LogP contribution in [0.1, 0.15) is 11.3 Å². The van der Waals surface area contributed by atoms with E-state index < -0.39 is 5.82 Å². The largest absolute Gasteiger partial charge is 0.436 e. The minimum atomic E-state index is -0.656. The molecule has 1 aromatic carbocycles. The van der Waals surface area contributed by atoms with Gasteiger partial charge in [0.25, 0.3) is 0 Å². The molecule has 0 fully saturated rings. The summed E-state index contributed by atoms with van der Waals surface area (Å²) in [4.78, 5) is 4.86. The maximum atomic E-state index is 13.5. The third-order valence-electron chi connectivity index (χ3n) is 2.77. The van der Waals surface area contributed by atoms with Gasteiger partial charge in [0, 0.05) is 11.6 Å². The third kappa shape index (κ3) is 1.91. The molecule has 2 heterocycles. The van der Waals surface area contributed by atoms with Gasteiger partial charge in [0.15, 0.2) is 4.96 Å². The number of imidazole rings is 1. The van der Waals surface area contributed by atoms with Crippen molar-refractivity contribution in [2.45, 2.75) is 6.61 Å². The fourth-order valence-corrected chi connectivity index (χ4v) is 2.56. The van der Waals surface area contributed by atoms with E-state index in [1.54, 1.807) is 16.7 Å². The molecular weight excluding hydrogens is 281 g/mol. The van der Waals surface area contributed by atoms with Gasteiger partial charge in [0.05, 0.1) is 6.61 Å². The molecule has 0 unspecified atom stereocenters. The fraction of sp³-hybridized carbons (Fsp3) is 0.0769. The van der Waals surface area contributed by atoms with Gasteiger partial charge < -0.3 is 9.84 Å². The van der Waals surface area contributed by atoms with Crippen molar-refractivity contribution in [3.05, 3.63) is 46.9 Å². The Morgan fingerprint density at radius 1 is 1.50 bits per heavy atom. The molecule has 0 spiro atoms. The van der Waals surface area contributed by atoms with E-state index in [1.165, 1.54) is 29.5 Å². The van der Waals surface area contributed by atoms with Crippen molar-refractivity contribution in [2.24, 2.45) is 0 Å². The zero-order valence-corrected chi connectivity index (χ0v) is 10.9. The predicted molar refractivity (Wildman–Crippen MR) is 70.2 cm³/mol. The molecule has 0 atom stereocenters. The Morgan fingerprint density at radius 2 is 2.35 bits per heavy atom. The second-order valence-electron chi connectivity index (χ2n) is 3.90. The number of thiazole rings is 1. The van der Waals surface area contributed by atoms with Crippen molar-refractivity contribution in [1.82, 2.24) is 9.38 Å². The second-order valence-corrected chi connectivity index (χ2v) is 4.78. The highest BCUT2D eigenvalue weighted by Crippen LogP contribution is 2.30. The fourth-order valence-electron chi connectivity index (χ4n) is 1.84. The van der Waals surface area contributed by atoms with E-state index in [4.69, 9.17) is 10.00 Å². The zero-order chi connectivity index (χ0) is 14.1. The molecule has 0 radical (unpaired) electrons. The van der Waals surface area contributed by atoms with Crippen molar-refractivity contribution in [2.75, 3.05) is 0 Å². The van der Waals surface area contributed by atoms with Gasteiger partial charge in [0.2, 0.25) is 5.88 Å². The summed E-state index contributed by atoms with van der Waals surface area (Å²) in [6, 6.07) is 5.87. The number of ether oxygens (including phenoxy) is 1. The lowest BCUT2D eigenvalue weighted by Crippen LogP contribution is -1.96. The van der Waals surface area contributed by atoms with Crippen LogP contribution in [0.15, 0.2) is 29.8 Å². The average Bonchev–Trinajstić information content (AvgIpc) is 2.99. The number of benzene rings is 1. The van der Waals surface area contributed by atoms with Crippen molar-refractivity contribution < 1.29 is 14.2 Å². The van der Waals surface area contributed by atoms with E-state index in [0.717, 1.165) is 0 Å². The highest BCUT2D eigenvalue weighted by Gasteiger charge is 2.17. The van der Waals surface area contributed by atoms with Crippen molar-refractivity contribution in [1.29, 1.82) is 5.26 Å². The van der Waals surface area contributed by atoms with Gasteiger partial charge >= 0.3 is 0 Å². The Hall–Kier alpha value is -2.43. The molecule has 0 saturated heterocycles. The third-order valence-corrected chi connectivity index (χ3v) is 3.52. The molecule has 0 aliphatic carbocycles. The topological polar surface area (TPSA) is 70.5 Å². The Bertz CT molecular complexity index is 819. The number of aliphatic hydroxyl groups excluding tert-OH is 1. The summed E-state index contributed by atoms with van der Waals surface area (Å²) in [5, 5.41) is 20.2. The maximum absolute atomic E-state index is 13.5. The van der Waals surface area contributed by atoms with Crippen molar-refractivity contribution in [3.63, 3.8) is 0 Å². The Balaban J connectivity index is 2.08. The zero-order valence-electron chi connectivity index (χ0n) is 10.1. The molecule has 0 amide bonds. The molecule has 7 heteroatoms. The molecule has 0 aliphatic rings. The number of aliphatic hydroxyl groups is 1. The molecule has 3 rings (SSSR count). The van der Waals surface area contributed by atoms with Crippen LogP contribution in [-0.4, -0.2) is 14.5 Å². The molecule has 0 bridgehead atoms. The molecule has 100 valence electrons. The number of hydrogen-bond acceptors (Lipinski definition) is 5. The van der Waals surface area contributed by atoms with Crippen molar-refractivity contribution >= 4 is 16.3 Å². The molecule has 5 nitrogen and oxygen atoms in total. The van der Waals surface area contributed by atoms with Crippen molar-refractivity contribution in [3.8, 4) is 17.7 Å². The number of halogens is 1. The average molecular weight is 289 g/mol. The molecule has 2 aromatic heterocycles. The van der Waals surface area contributed by atoms with Crippen LogP contribution in [0.2, 0.25) is 0 Å². The minimum absolute atomic E-state index is 0.0768. The number of nitriles is 1. The van der Waals surface area contributed by atoms with Gasteiger partial charge in [-0.1, -0.05) is 6.07 Å². The van der Waals surface area contributed by atoms with Gasteiger partial charge in [-0.2, -0.15) is 10.2 Å². The standard InChI is InChI=1S/C13H8FN3O2S/c14-9-2-1-3-11(8(9)6-15)19-12-10(7-18)17-4-5-20-13(17)16-12/h1-5,18H,7H2. The monoisotopic (exact) mass is 289 g/mol. The Kier molecular flexibility index (Phi) is 3.10. The normalized spacial score (nSPS) is 10.7. The molecule has 1 N–H and O–H groups in total. The first-order valence-electron chi connectivity index (χ1n) is 5.66. The lowest BCUT2D eigenvalue weighted by Gasteiger charge is -2.06. The maximum Gasteiger partial charge on any atom is 0.244 e. The summed E-state index contributed by atoms with van der Waals surface area (Å²) in [6.07, 6.45) is 1.75. The van der Waals surface area contributed by atoms with E-state index in [-0.39, 0.29) is 23.8 Å². The smallest absolute Gasteiger partial charge is 0.244 e. The van der Waals surface area contributed by atoms with Gasteiger partial charge in [-0.15, -0.1) is 11.3 Å². The SMILES string of the molecule is N#Cc1c(F)cccc1Oc1nc2sccn2c1CO. The van der Waals surface area contributed by atoms with Crippen LogP contribution in [0.4, 0.5) is 4.39 Å². The van der Waals surface area contributed by atoms with Gasteiger partial charge in [-0.25, -0.2) is 4.39 Å². The van der Waals surface area contributed by atoms with Crippen LogP contribution < -0.4 is 4.74 Å². The van der Waals surface area contributed by atoms with Crippen LogP contribution in [0.25, 0.3) is 4.96 Å². The summed E-state index contributed by atoms with van der Waals surface area (Å²) in [7, 11) is 0. The molecule has 20 heavy (non-hydrogen) atoms. The van der Waals surface area contributed by atoms with Crippen LogP contribution >= 0.6 is 11.3 Å². The van der Waals surface area contributed by atoms with E-state index >= 15 is 0 Å². The lowest BCUT2D eigenvalue weighted by molar-refractivity contribution is 0.269. The highest BCUT2D eigenvalue weighted by atomic mass is 32.1. The Labute approximate surface area is 117 Å². The summed E-state index contributed by atoms with van der Waals surface area (Å²) in [6.45, 7) is -0.273. The first-order valence-corrected chi connectivity index (χ1v) is 6.54. The quantitative estimate of drug-likeness (QED) is 0.804. The van der Waals surface area contributed by atoms with Crippen LogP contribution in [0.5, 0.6) is 11.6 Å². The van der Waals surface area contributed by atoms with E-state index in [2.05, 4.69) is 4.98 Å². The van der Waals surface area contributed by atoms with Gasteiger partial charge in [0.1, 0.15) is 28.9 Å². The van der Waals surface area contributed by atoms with Gasteiger partial charge in [-0.05, 0) is 12.1 Å². The summed E-state index contributed by atoms with van der Waals surface area (Å²) in [5.74, 6) is -0.411. The molecule has 3 aromatic rings. The first-order chi connectivity index (χ1) is 9.74.